The van der Waals surface area contributed by atoms with Crippen molar-refractivity contribution in [2.24, 2.45) is 0 Å². The van der Waals surface area contributed by atoms with Crippen molar-refractivity contribution in [1.29, 1.82) is 0 Å². The van der Waals surface area contributed by atoms with E-state index in [0.717, 1.165) is 18.5 Å². The van der Waals surface area contributed by atoms with Gasteiger partial charge < -0.3 is 9.64 Å². The second-order valence-electron chi connectivity index (χ2n) is 5.37. The maximum Gasteiger partial charge on any atom is 0.0779 e. The Morgan fingerprint density at radius 2 is 2.28 bits per heavy atom. The summed E-state index contributed by atoms with van der Waals surface area (Å²) in [6, 6.07) is 7.40. The van der Waals surface area contributed by atoms with E-state index in [2.05, 4.69) is 46.0 Å². The average Bonchev–Trinajstić information content (AvgIpc) is 2.86. The molecule has 2 nitrogen and oxygen atoms in total. The topological polar surface area (TPSA) is 12.5 Å². The Morgan fingerprint density at radius 3 is 3.11 bits per heavy atom. The number of nitrogens with zero attached hydrogens (tertiary/aromatic N) is 1. The van der Waals surface area contributed by atoms with Gasteiger partial charge in [0, 0.05) is 17.6 Å². The number of aryl methyl sites for hydroxylation is 1. The molecule has 1 aliphatic heterocycles. The molecular formula is C15H20BrNO. The van der Waals surface area contributed by atoms with Crippen LogP contribution in [0.3, 0.4) is 0 Å². The number of hydrogen-bond acceptors (Lipinski definition) is 2. The van der Waals surface area contributed by atoms with Gasteiger partial charge in [-0.2, -0.15) is 0 Å². The van der Waals surface area contributed by atoms with Crippen LogP contribution in [0.1, 0.15) is 30.4 Å². The summed E-state index contributed by atoms with van der Waals surface area (Å²) in [7, 11) is 0. The number of rotatable bonds is 2. The number of halogens is 1. The molecule has 18 heavy (non-hydrogen) atoms. The highest BCUT2D eigenvalue weighted by Crippen LogP contribution is 2.35. The zero-order valence-corrected chi connectivity index (χ0v) is 12.4. The van der Waals surface area contributed by atoms with Crippen molar-refractivity contribution in [3.05, 3.63) is 29.3 Å². The summed E-state index contributed by atoms with van der Waals surface area (Å²) in [4.78, 5) is 2.58. The molecule has 2 atom stereocenters. The van der Waals surface area contributed by atoms with Crippen molar-refractivity contribution in [3.63, 3.8) is 0 Å². The van der Waals surface area contributed by atoms with Crippen LogP contribution in [0.15, 0.2) is 18.2 Å². The largest absolute Gasteiger partial charge is 0.374 e. The molecule has 2 aliphatic rings. The van der Waals surface area contributed by atoms with Gasteiger partial charge in [-0.3, -0.25) is 0 Å². The third-order valence-electron chi connectivity index (χ3n) is 4.17. The quantitative estimate of drug-likeness (QED) is 0.773. The summed E-state index contributed by atoms with van der Waals surface area (Å²) in [5.74, 6) is 0. The fourth-order valence-corrected chi connectivity index (χ4v) is 3.78. The molecule has 1 aromatic rings. The van der Waals surface area contributed by atoms with Gasteiger partial charge in [-0.15, -0.1) is 0 Å². The lowest BCUT2D eigenvalue weighted by Gasteiger charge is -2.40. The van der Waals surface area contributed by atoms with Crippen LogP contribution in [0.25, 0.3) is 0 Å². The average molecular weight is 310 g/mol. The molecule has 0 aromatic heterocycles. The van der Waals surface area contributed by atoms with E-state index in [9.17, 15) is 0 Å². The third-order valence-corrected chi connectivity index (χ3v) is 4.77. The van der Waals surface area contributed by atoms with E-state index in [4.69, 9.17) is 4.74 Å². The zero-order chi connectivity index (χ0) is 12.5. The van der Waals surface area contributed by atoms with Crippen molar-refractivity contribution in [1.82, 2.24) is 0 Å². The first-order valence-electron chi connectivity index (χ1n) is 6.83. The number of anilines is 1. The normalized spacial score (nSPS) is 27.3. The van der Waals surface area contributed by atoms with Gasteiger partial charge in [-0.05, 0) is 37.8 Å². The van der Waals surface area contributed by atoms with Crippen LogP contribution >= 0.6 is 15.9 Å². The summed E-state index contributed by atoms with van der Waals surface area (Å²) in [5.41, 5.74) is 4.14. The van der Waals surface area contributed by atoms with Crippen molar-refractivity contribution in [2.45, 2.75) is 43.7 Å². The molecule has 0 spiro atoms. The molecule has 0 amide bonds. The van der Waals surface area contributed by atoms with Crippen LogP contribution in [0.2, 0.25) is 0 Å². The highest BCUT2D eigenvalue weighted by molar-refractivity contribution is 9.08. The molecule has 3 rings (SSSR count). The first kappa shape index (κ1) is 12.5. The molecule has 0 radical (unpaired) electrons. The van der Waals surface area contributed by atoms with Crippen LogP contribution < -0.4 is 4.90 Å². The van der Waals surface area contributed by atoms with E-state index in [-0.39, 0.29) is 0 Å². The van der Waals surface area contributed by atoms with Crippen molar-refractivity contribution in [2.75, 3.05) is 18.1 Å². The first-order valence-corrected chi connectivity index (χ1v) is 7.95. The van der Waals surface area contributed by atoms with Crippen LogP contribution in [0.4, 0.5) is 5.69 Å². The molecule has 1 saturated heterocycles. The molecule has 3 heteroatoms. The number of morpholine rings is 1. The monoisotopic (exact) mass is 309 g/mol. The van der Waals surface area contributed by atoms with Crippen molar-refractivity contribution in [3.8, 4) is 0 Å². The van der Waals surface area contributed by atoms with Crippen LogP contribution in [-0.4, -0.2) is 25.3 Å². The van der Waals surface area contributed by atoms with Gasteiger partial charge in [0.05, 0.1) is 18.8 Å². The predicted molar refractivity (Wildman–Crippen MR) is 78.5 cm³/mol. The van der Waals surface area contributed by atoms with E-state index in [1.807, 2.05) is 0 Å². The molecule has 1 saturated carbocycles. The van der Waals surface area contributed by atoms with Gasteiger partial charge in [0.2, 0.25) is 0 Å². The Kier molecular flexibility index (Phi) is 3.62. The van der Waals surface area contributed by atoms with E-state index >= 15 is 0 Å². The van der Waals surface area contributed by atoms with Crippen LogP contribution in [0.5, 0.6) is 0 Å². The standard InChI is InChI=1S/C15H20BrNO/c1-11-5-6-13(12(9-11)10-16)17-7-8-18-15-4-2-3-14(15)17/h5-6,9,14-15H,2-4,7-8,10H2,1H3. The van der Waals surface area contributed by atoms with Crippen LogP contribution in [0, 0.1) is 6.92 Å². The van der Waals surface area contributed by atoms with Gasteiger partial charge >= 0.3 is 0 Å². The number of ether oxygens (including phenoxy) is 1. The van der Waals surface area contributed by atoms with Crippen molar-refractivity contribution >= 4 is 21.6 Å². The van der Waals surface area contributed by atoms with Crippen molar-refractivity contribution < 1.29 is 4.74 Å². The molecule has 98 valence electrons. The molecule has 0 bridgehead atoms. The lowest BCUT2D eigenvalue weighted by molar-refractivity contribution is 0.0256. The van der Waals surface area contributed by atoms with Gasteiger partial charge in [0.25, 0.3) is 0 Å². The maximum atomic E-state index is 5.90. The molecule has 2 fully saturated rings. The molecule has 2 unspecified atom stereocenters. The first-order chi connectivity index (χ1) is 8.79. The predicted octanol–water partition coefficient (Wildman–Crippen LogP) is 3.65. The summed E-state index contributed by atoms with van der Waals surface area (Å²) in [5, 5.41) is 0.929. The lowest BCUT2D eigenvalue weighted by atomic mass is 10.1. The second kappa shape index (κ2) is 5.22. The molecular weight excluding hydrogens is 290 g/mol. The Morgan fingerprint density at radius 1 is 1.39 bits per heavy atom. The van der Waals surface area contributed by atoms with Gasteiger partial charge in [0.1, 0.15) is 0 Å². The highest BCUT2D eigenvalue weighted by Gasteiger charge is 2.36. The van der Waals surface area contributed by atoms with Gasteiger partial charge in [-0.1, -0.05) is 33.6 Å². The van der Waals surface area contributed by atoms with Gasteiger partial charge in [0.15, 0.2) is 0 Å². The smallest absolute Gasteiger partial charge is 0.0779 e. The van der Waals surface area contributed by atoms with Crippen LogP contribution in [-0.2, 0) is 10.1 Å². The number of hydrogen-bond donors (Lipinski definition) is 0. The number of fused-ring (bicyclic) bond motifs is 1. The maximum absolute atomic E-state index is 5.90. The van der Waals surface area contributed by atoms with E-state index < -0.39 is 0 Å². The fourth-order valence-electron chi connectivity index (χ4n) is 3.33. The van der Waals surface area contributed by atoms with Gasteiger partial charge in [-0.25, -0.2) is 0 Å². The lowest BCUT2D eigenvalue weighted by Crippen LogP contribution is -2.49. The Labute approximate surface area is 117 Å². The Hall–Kier alpha value is -0.540. The molecule has 1 aromatic carbocycles. The number of benzene rings is 1. The van der Waals surface area contributed by atoms with E-state index in [0.29, 0.717) is 12.1 Å². The summed E-state index contributed by atoms with van der Waals surface area (Å²) < 4.78 is 5.90. The minimum absolute atomic E-state index is 0.461. The minimum Gasteiger partial charge on any atom is -0.374 e. The molecule has 1 aliphatic carbocycles. The summed E-state index contributed by atoms with van der Waals surface area (Å²) >= 11 is 3.62. The number of alkyl halides is 1. The third kappa shape index (κ3) is 2.19. The van der Waals surface area contributed by atoms with E-state index in [1.54, 1.807) is 0 Å². The van der Waals surface area contributed by atoms with E-state index in [1.165, 1.54) is 36.1 Å². The SMILES string of the molecule is Cc1ccc(N2CCOC3CCCC32)c(CBr)c1. The fraction of sp³-hybridized carbons (Fsp3) is 0.600. The molecule has 0 N–H and O–H groups in total. The zero-order valence-electron chi connectivity index (χ0n) is 10.9. The minimum atomic E-state index is 0.461. The Bertz CT molecular complexity index is 435. The highest BCUT2D eigenvalue weighted by atomic mass is 79.9. The Balaban J connectivity index is 1.93. The summed E-state index contributed by atoms with van der Waals surface area (Å²) in [6.07, 6.45) is 4.28. The summed E-state index contributed by atoms with van der Waals surface area (Å²) in [6.45, 7) is 4.06. The second-order valence-corrected chi connectivity index (χ2v) is 5.93. The molecule has 1 heterocycles.